The summed E-state index contributed by atoms with van der Waals surface area (Å²) in [5.74, 6) is 0.711. The molecule has 0 aromatic carbocycles. The quantitative estimate of drug-likeness (QED) is 0.742. The molecule has 0 aliphatic heterocycles. The maximum atomic E-state index is 4.43. The van der Waals surface area contributed by atoms with Gasteiger partial charge in [-0.25, -0.2) is 0 Å². The van der Waals surface area contributed by atoms with Crippen LogP contribution in [-0.2, 0) is 6.54 Å². The Morgan fingerprint density at radius 2 is 2.00 bits per heavy atom. The minimum Gasteiger partial charge on any atom is -0.315 e. The van der Waals surface area contributed by atoms with Crippen molar-refractivity contribution < 1.29 is 0 Å². The summed E-state index contributed by atoms with van der Waals surface area (Å²) in [5, 5.41) is 3.57. The third-order valence-electron chi connectivity index (χ3n) is 3.42. The van der Waals surface area contributed by atoms with Gasteiger partial charge in [0.2, 0.25) is 0 Å². The van der Waals surface area contributed by atoms with Gasteiger partial charge in [-0.15, -0.1) is 0 Å². The zero-order chi connectivity index (χ0) is 14.1. The van der Waals surface area contributed by atoms with Crippen LogP contribution in [0.2, 0.25) is 0 Å². The Bertz CT molecular complexity index is 324. The maximum Gasteiger partial charge on any atom is 0.0544 e. The summed E-state index contributed by atoms with van der Waals surface area (Å²) in [4.78, 5) is 6.94. The SMILES string of the molecule is CCC(CNCC(C)C)N(CC)Cc1ccccn1. The van der Waals surface area contributed by atoms with E-state index in [1.165, 1.54) is 6.42 Å². The van der Waals surface area contributed by atoms with E-state index < -0.39 is 0 Å². The highest BCUT2D eigenvalue weighted by Gasteiger charge is 2.15. The number of hydrogen-bond donors (Lipinski definition) is 1. The fraction of sp³-hybridized carbons (Fsp3) is 0.688. The van der Waals surface area contributed by atoms with Crippen molar-refractivity contribution in [2.75, 3.05) is 19.6 Å². The van der Waals surface area contributed by atoms with Gasteiger partial charge in [0.1, 0.15) is 0 Å². The number of hydrogen-bond acceptors (Lipinski definition) is 3. The zero-order valence-corrected chi connectivity index (χ0v) is 12.9. The Hall–Kier alpha value is -0.930. The zero-order valence-electron chi connectivity index (χ0n) is 12.9. The summed E-state index contributed by atoms with van der Waals surface area (Å²) < 4.78 is 0. The van der Waals surface area contributed by atoms with E-state index in [2.05, 4.69) is 55.0 Å². The van der Waals surface area contributed by atoms with Crippen LogP contribution in [0.1, 0.15) is 39.8 Å². The molecule has 0 saturated heterocycles. The molecule has 1 unspecified atom stereocenters. The van der Waals surface area contributed by atoms with Crippen molar-refractivity contribution >= 4 is 0 Å². The Balaban J connectivity index is 2.50. The van der Waals surface area contributed by atoms with Gasteiger partial charge >= 0.3 is 0 Å². The van der Waals surface area contributed by atoms with Crippen molar-refractivity contribution in [2.24, 2.45) is 5.92 Å². The van der Waals surface area contributed by atoms with Crippen LogP contribution in [0.3, 0.4) is 0 Å². The second-order valence-electron chi connectivity index (χ2n) is 5.50. The van der Waals surface area contributed by atoms with Crippen LogP contribution < -0.4 is 5.32 Å². The highest BCUT2D eigenvalue weighted by atomic mass is 15.2. The van der Waals surface area contributed by atoms with Gasteiger partial charge in [0.05, 0.1) is 5.69 Å². The molecule has 1 rings (SSSR count). The predicted octanol–water partition coefficient (Wildman–Crippen LogP) is 2.93. The van der Waals surface area contributed by atoms with E-state index in [-0.39, 0.29) is 0 Å². The monoisotopic (exact) mass is 263 g/mol. The molecule has 1 heterocycles. The topological polar surface area (TPSA) is 28.2 Å². The van der Waals surface area contributed by atoms with Gasteiger partial charge in [0, 0.05) is 25.3 Å². The molecular weight excluding hydrogens is 234 g/mol. The van der Waals surface area contributed by atoms with E-state index in [9.17, 15) is 0 Å². The van der Waals surface area contributed by atoms with E-state index in [4.69, 9.17) is 0 Å². The van der Waals surface area contributed by atoms with Gasteiger partial charge in [-0.05, 0) is 37.6 Å². The van der Waals surface area contributed by atoms with Crippen LogP contribution in [0, 0.1) is 5.92 Å². The summed E-state index contributed by atoms with van der Waals surface area (Å²) in [6.07, 6.45) is 3.05. The van der Waals surface area contributed by atoms with Gasteiger partial charge < -0.3 is 5.32 Å². The van der Waals surface area contributed by atoms with Crippen molar-refractivity contribution in [3.63, 3.8) is 0 Å². The smallest absolute Gasteiger partial charge is 0.0544 e. The first-order valence-corrected chi connectivity index (χ1v) is 7.52. The molecule has 3 nitrogen and oxygen atoms in total. The van der Waals surface area contributed by atoms with E-state index in [1.54, 1.807) is 0 Å². The lowest BCUT2D eigenvalue weighted by molar-refractivity contribution is 0.184. The number of rotatable bonds is 9. The largest absolute Gasteiger partial charge is 0.315 e. The van der Waals surface area contributed by atoms with Gasteiger partial charge in [-0.2, -0.15) is 0 Å². The van der Waals surface area contributed by atoms with Crippen LogP contribution in [0.15, 0.2) is 24.4 Å². The summed E-state index contributed by atoms with van der Waals surface area (Å²) in [5.41, 5.74) is 1.16. The Labute approximate surface area is 118 Å². The molecule has 0 aliphatic rings. The van der Waals surface area contributed by atoms with Crippen LogP contribution >= 0.6 is 0 Å². The first-order chi connectivity index (χ1) is 9.17. The number of nitrogens with zero attached hydrogens (tertiary/aromatic N) is 2. The molecule has 1 atom stereocenters. The number of aromatic nitrogens is 1. The van der Waals surface area contributed by atoms with E-state index in [0.29, 0.717) is 12.0 Å². The summed E-state index contributed by atoms with van der Waals surface area (Å²) in [6, 6.07) is 6.73. The molecule has 1 aromatic heterocycles. The average Bonchev–Trinajstić information content (AvgIpc) is 2.42. The van der Waals surface area contributed by atoms with Crippen molar-refractivity contribution in [3.8, 4) is 0 Å². The molecule has 0 spiro atoms. The molecule has 0 radical (unpaired) electrons. The van der Waals surface area contributed by atoms with E-state index >= 15 is 0 Å². The molecule has 1 aromatic rings. The van der Waals surface area contributed by atoms with E-state index in [1.807, 2.05) is 12.3 Å². The number of nitrogens with one attached hydrogen (secondary N) is 1. The first kappa shape index (κ1) is 16.1. The minimum absolute atomic E-state index is 0.589. The van der Waals surface area contributed by atoms with Crippen LogP contribution in [0.25, 0.3) is 0 Å². The Morgan fingerprint density at radius 1 is 1.21 bits per heavy atom. The summed E-state index contributed by atoms with van der Waals surface area (Å²) in [6.45, 7) is 13.2. The van der Waals surface area contributed by atoms with Gasteiger partial charge in [0.25, 0.3) is 0 Å². The van der Waals surface area contributed by atoms with Crippen molar-refractivity contribution in [1.29, 1.82) is 0 Å². The molecule has 1 N–H and O–H groups in total. The number of likely N-dealkylation sites (N-methyl/N-ethyl adjacent to an activating group) is 1. The normalized spacial score (nSPS) is 13.2. The molecule has 0 bridgehead atoms. The van der Waals surface area contributed by atoms with Gasteiger partial charge in [0.15, 0.2) is 0 Å². The molecule has 0 aliphatic carbocycles. The second kappa shape index (κ2) is 9.05. The molecule has 19 heavy (non-hydrogen) atoms. The fourth-order valence-electron chi connectivity index (χ4n) is 2.27. The third kappa shape index (κ3) is 6.17. The third-order valence-corrected chi connectivity index (χ3v) is 3.42. The van der Waals surface area contributed by atoms with Crippen molar-refractivity contribution in [1.82, 2.24) is 15.2 Å². The lowest BCUT2D eigenvalue weighted by Crippen LogP contribution is -2.42. The van der Waals surface area contributed by atoms with Crippen LogP contribution in [0.5, 0.6) is 0 Å². The lowest BCUT2D eigenvalue weighted by atomic mass is 10.1. The second-order valence-corrected chi connectivity index (χ2v) is 5.50. The molecule has 0 amide bonds. The summed E-state index contributed by atoms with van der Waals surface area (Å²) in [7, 11) is 0. The Kier molecular flexibility index (Phi) is 7.68. The van der Waals surface area contributed by atoms with E-state index in [0.717, 1.165) is 31.9 Å². The Morgan fingerprint density at radius 3 is 2.53 bits per heavy atom. The summed E-state index contributed by atoms with van der Waals surface area (Å²) >= 11 is 0. The van der Waals surface area contributed by atoms with Crippen molar-refractivity contribution in [3.05, 3.63) is 30.1 Å². The average molecular weight is 263 g/mol. The highest BCUT2D eigenvalue weighted by Crippen LogP contribution is 2.08. The van der Waals surface area contributed by atoms with Gasteiger partial charge in [-0.3, -0.25) is 9.88 Å². The van der Waals surface area contributed by atoms with Crippen LogP contribution in [0.4, 0.5) is 0 Å². The first-order valence-electron chi connectivity index (χ1n) is 7.52. The van der Waals surface area contributed by atoms with Crippen molar-refractivity contribution in [2.45, 2.75) is 46.7 Å². The maximum absolute atomic E-state index is 4.43. The molecule has 108 valence electrons. The molecular formula is C16H29N3. The standard InChI is InChI=1S/C16H29N3/c1-5-16(12-17-11-14(3)4)19(6-2)13-15-9-7-8-10-18-15/h7-10,14,16-17H,5-6,11-13H2,1-4H3. The highest BCUT2D eigenvalue weighted by molar-refractivity contribution is 5.03. The fourth-order valence-corrected chi connectivity index (χ4v) is 2.27. The van der Waals surface area contributed by atoms with Crippen LogP contribution in [-0.4, -0.2) is 35.6 Å². The molecule has 0 fully saturated rings. The molecule has 0 saturated carbocycles. The molecule has 3 heteroatoms. The predicted molar refractivity (Wildman–Crippen MR) is 82.1 cm³/mol. The minimum atomic E-state index is 0.589. The lowest BCUT2D eigenvalue weighted by Gasteiger charge is -2.30. The van der Waals surface area contributed by atoms with Gasteiger partial charge in [-0.1, -0.05) is 33.8 Å². The number of pyridine rings is 1.